The minimum absolute atomic E-state index is 0.0366. The van der Waals surface area contributed by atoms with E-state index < -0.39 is 0 Å². The zero-order valence-electron chi connectivity index (χ0n) is 15.4. The van der Waals surface area contributed by atoms with Crippen LogP contribution in [0.5, 0.6) is 0 Å². The Morgan fingerprint density at radius 2 is 2.04 bits per heavy atom. The molecule has 0 unspecified atom stereocenters. The van der Waals surface area contributed by atoms with Gasteiger partial charge in [-0.25, -0.2) is 0 Å². The minimum atomic E-state index is -0.0366. The van der Waals surface area contributed by atoms with Crippen molar-refractivity contribution < 1.29 is 18.8 Å². The number of nitrogens with zero attached hydrogens (tertiary/aromatic N) is 3. The molecule has 4 fully saturated rings. The molecule has 8 heteroatoms. The molecule has 0 N–H and O–H groups in total. The second-order valence-corrected chi connectivity index (χ2v) is 9.76. The second kappa shape index (κ2) is 6.81. The number of amides is 2. The van der Waals surface area contributed by atoms with Crippen molar-refractivity contribution in [2.75, 3.05) is 38.5 Å². The molecule has 5 rings (SSSR count). The van der Waals surface area contributed by atoms with Crippen LogP contribution in [0.2, 0.25) is 0 Å². The summed E-state index contributed by atoms with van der Waals surface area (Å²) in [7, 11) is 0. The predicted molar refractivity (Wildman–Crippen MR) is 99.7 cm³/mol. The Morgan fingerprint density at radius 3 is 2.78 bits per heavy atom. The van der Waals surface area contributed by atoms with Crippen molar-refractivity contribution in [2.24, 2.45) is 0 Å². The van der Waals surface area contributed by atoms with Crippen LogP contribution in [0.15, 0.2) is 10.6 Å². The van der Waals surface area contributed by atoms with Gasteiger partial charge in [-0.1, -0.05) is 5.16 Å². The molecule has 0 radical (unpaired) electrons. The number of likely N-dealkylation sites (tertiary alicyclic amines) is 2. The maximum atomic E-state index is 12.6. The van der Waals surface area contributed by atoms with Gasteiger partial charge in [0.05, 0.1) is 10.9 Å². The third-order valence-electron chi connectivity index (χ3n) is 6.05. The van der Waals surface area contributed by atoms with Crippen LogP contribution in [-0.2, 0) is 9.53 Å². The highest BCUT2D eigenvalue weighted by Gasteiger charge is 2.51. The van der Waals surface area contributed by atoms with Crippen LogP contribution < -0.4 is 0 Å². The highest BCUT2D eigenvalue weighted by atomic mass is 32.2. The molecule has 4 aliphatic rings. The van der Waals surface area contributed by atoms with Crippen molar-refractivity contribution in [3.8, 4) is 0 Å². The number of aromatic nitrogens is 1. The van der Waals surface area contributed by atoms with Gasteiger partial charge in [0.2, 0.25) is 5.91 Å². The predicted octanol–water partition coefficient (Wildman–Crippen LogP) is 1.89. The van der Waals surface area contributed by atoms with E-state index in [1.54, 1.807) is 0 Å². The molecule has 27 heavy (non-hydrogen) atoms. The Balaban J connectivity index is 1.09. The average molecular weight is 391 g/mol. The topological polar surface area (TPSA) is 75.9 Å². The number of ether oxygens (including phenoxy) is 1. The summed E-state index contributed by atoms with van der Waals surface area (Å²) in [6.07, 6.45) is 5.48. The van der Waals surface area contributed by atoms with E-state index in [0.717, 1.165) is 69.8 Å². The zero-order valence-corrected chi connectivity index (χ0v) is 16.2. The maximum Gasteiger partial charge on any atom is 0.276 e. The Morgan fingerprint density at radius 1 is 1.26 bits per heavy atom. The molecule has 1 atom stereocenters. The van der Waals surface area contributed by atoms with Gasteiger partial charge in [0, 0.05) is 43.9 Å². The first-order valence-corrected chi connectivity index (χ1v) is 10.9. The number of thioether (sulfide) groups is 1. The summed E-state index contributed by atoms with van der Waals surface area (Å²) in [5.41, 5.74) is 0.429. The minimum Gasteiger partial charge on any atom is -0.367 e. The van der Waals surface area contributed by atoms with Gasteiger partial charge in [-0.05, 0) is 32.1 Å². The fraction of sp³-hybridized carbons (Fsp3) is 0.737. The van der Waals surface area contributed by atoms with Gasteiger partial charge in [-0.3, -0.25) is 9.59 Å². The summed E-state index contributed by atoms with van der Waals surface area (Å²) < 4.78 is 11.3. The number of hydrogen-bond acceptors (Lipinski definition) is 6. The summed E-state index contributed by atoms with van der Waals surface area (Å²) in [5.74, 6) is 2.28. The molecule has 146 valence electrons. The number of carbonyl (C=O) groups excluding carboxylic acids is 2. The van der Waals surface area contributed by atoms with E-state index in [4.69, 9.17) is 9.26 Å². The van der Waals surface area contributed by atoms with Gasteiger partial charge in [-0.15, -0.1) is 11.8 Å². The molecule has 3 aliphatic heterocycles. The molecule has 1 spiro atoms. The fourth-order valence-electron chi connectivity index (χ4n) is 4.28. The summed E-state index contributed by atoms with van der Waals surface area (Å²) in [4.78, 5) is 28.4. The lowest BCUT2D eigenvalue weighted by molar-refractivity contribution is -0.136. The monoisotopic (exact) mass is 391 g/mol. The SMILES string of the molecule is O=C(CO[C@@H]1CSC2(C1)CN(C(=O)c1cc(C3CC3)on1)C2)N1CCCC1. The van der Waals surface area contributed by atoms with Gasteiger partial charge < -0.3 is 19.1 Å². The van der Waals surface area contributed by atoms with Crippen LogP contribution in [0.3, 0.4) is 0 Å². The normalized spacial score (nSPS) is 26.6. The first-order valence-electron chi connectivity index (χ1n) is 9.91. The molecule has 2 amide bonds. The molecule has 1 aliphatic carbocycles. The molecular weight excluding hydrogens is 366 g/mol. The smallest absolute Gasteiger partial charge is 0.276 e. The molecule has 1 saturated carbocycles. The van der Waals surface area contributed by atoms with E-state index in [1.165, 1.54) is 0 Å². The molecule has 3 saturated heterocycles. The van der Waals surface area contributed by atoms with Gasteiger partial charge in [-0.2, -0.15) is 0 Å². The Hall–Kier alpha value is -1.54. The zero-order chi connectivity index (χ0) is 18.4. The van der Waals surface area contributed by atoms with Gasteiger partial charge in [0.15, 0.2) is 5.69 Å². The third kappa shape index (κ3) is 3.49. The van der Waals surface area contributed by atoms with Crippen LogP contribution in [0, 0.1) is 0 Å². The summed E-state index contributed by atoms with van der Waals surface area (Å²) in [5, 5.41) is 3.96. The van der Waals surface area contributed by atoms with Crippen LogP contribution in [0.4, 0.5) is 0 Å². The maximum absolute atomic E-state index is 12.6. The quantitative estimate of drug-likeness (QED) is 0.763. The van der Waals surface area contributed by atoms with Gasteiger partial charge >= 0.3 is 0 Å². The molecule has 1 aromatic heterocycles. The lowest BCUT2D eigenvalue weighted by Gasteiger charge is -2.47. The second-order valence-electron chi connectivity index (χ2n) is 8.27. The van der Waals surface area contributed by atoms with Crippen LogP contribution in [-0.4, -0.2) is 76.2 Å². The average Bonchev–Trinajstić information content (AvgIpc) is 3.11. The fourth-order valence-corrected chi connectivity index (χ4v) is 5.83. The van der Waals surface area contributed by atoms with E-state index in [0.29, 0.717) is 11.6 Å². The van der Waals surface area contributed by atoms with Gasteiger partial charge in [0.25, 0.3) is 5.91 Å². The first-order chi connectivity index (χ1) is 13.1. The molecular formula is C19H25N3O4S. The Labute approximate surface area is 162 Å². The van der Waals surface area contributed by atoms with Crippen LogP contribution in [0.25, 0.3) is 0 Å². The van der Waals surface area contributed by atoms with Crippen LogP contribution in [0.1, 0.15) is 54.3 Å². The highest BCUT2D eigenvalue weighted by Crippen LogP contribution is 2.46. The van der Waals surface area contributed by atoms with E-state index in [1.807, 2.05) is 27.6 Å². The number of hydrogen-bond donors (Lipinski definition) is 0. The first kappa shape index (κ1) is 17.6. The van der Waals surface area contributed by atoms with E-state index >= 15 is 0 Å². The van der Waals surface area contributed by atoms with Gasteiger partial charge in [0.1, 0.15) is 12.4 Å². The van der Waals surface area contributed by atoms with Crippen molar-refractivity contribution in [1.82, 2.24) is 15.0 Å². The largest absolute Gasteiger partial charge is 0.367 e. The van der Waals surface area contributed by atoms with Crippen molar-refractivity contribution >= 4 is 23.6 Å². The van der Waals surface area contributed by atoms with E-state index in [-0.39, 0.29) is 29.3 Å². The van der Waals surface area contributed by atoms with Crippen molar-refractivity contribution in [3.05, 3.63) is 17.5 Å². The number of rotatable bonds is 5. The number of carbonyl (C=O) groups is 2. The standard InChI is InChI=1S/C19H25N3O4S/c23-17(21-5-1-2-6-21)9-25-14-8-19(27-10-14)11-22(12-19)18(24)15-7-16(26-20-15)13-3-4-13/h7,13-14H,1-6,8-12H2/t14-/m0/s1. The third-order valence-corrected chi connectivity index (χ3v) is 7.62. The van der Waals surface area contributed by atoms with E-state index in [9.17, 15) is 9.59 Å². The molecule has 1 aromatic rings. The molecule has 0 bridgehead atoms. The lowest BCUT2D eigenvalue weighted by Crippen LogP contribution is -2.60. The van der Waals surface area contributed by atoms with Crippen molar-refractivity contribution in [1.29, 1.82) is 0 Å². The summed E-state index contributed by atoms with van der Waals surface area (Å²) in [6, 6.07) is 1.81. The highest BCUT2D eigenvalue weighted by molar-refractivity contribution is 8.01. The van der Waals surface area contributed by atoms with E-state index in [2.05, 4.69) is 5.16 Å². The Kier molecular flexibility index (Phi) is 4.43. The van der Waals surface area contributed by atoms with Crippen molar-refractivity contribution in [2.45, 2.75) is 48.9 Å². The molecule has 7 nitrogen and oxygen atoms in total. The lowest BCUT2D eigenvalue weighted by atomic mass is 9.92. The Bertz CT molecular complexity index is 735. The summed E-state index contributed by atoms with van der Waals surface area (Å²) >= 11 is 1.87. The molecule has 0 aromatic carbocycles. The summed E-state index contributed by atoms with van der Waals surface area (Å²) in [6.45, 7) is 3.37. The van der Waals surface area contributed by atoms with Crippen molar-refractivity contribution in [3.63, 3.8) is 0 Å². The van der Waals surface area contributed by atoms with Crippen LogP contribution >= 0.6 is 11.8 Å². The molecule has 4 heterocycles.